The third kappa shape index (κ3) is 2.02. The van der Waals surface area contributed by atoms with Crippen LogP contribution in [0.2, 0.25) is 0 Å². The summed E-state index contributed by atoms with van der Waals surface area (Å²) in [5.74, 6) is 0.880. The molecule has 0 amide bonds. The van der Waals surface area contributed by atoms with Gasteiger partial charge in [-0.05, 0) is 37.2 Å². The van der Waals surface area contributed by atoms with Gasteiger partial charge in [0.25, 0.3) is 0 Å². The molecule has 1 spiro atoms. The number of methoxy groups -OCH3 is 1. The Morgan fingerprint density at radius 1 is 1.24 bits per heavy atom. The molecule has 92 valence electrons. The van der Waals surface area contributed by atoms with Gasteiger partial charge in [-0.1, -0.05) is 0 Å². The van der Waals surface area contributed by atoms with Gasteiger partial charge in [0.15, 0.2) is 0 Å². The van der Waals surface area contributed by atoms with E-state index < -0.39 is 0 Å². The van der Waals surface area contributed by atoms with E-state index in [4.69, 9.17) is 4.74 Å². The summed E-state index contributed by atoms with van der Waals surface area (Å²) in [5.41, 5.74) is 0.561. The highest BCUT2D eigenvalue weighted by Gasteiger charge is 2.46. The maximum atomic E-state index is 5.39. The largest absolute Gasteiger partial charge is 0.381 e. The van der Waals surface area contributed by atoms with E-state index in [1.165, 1.54) is 25.7 Å². The molecule has 0 atom stereocenters. The van der Waals surface area contributed by atoms with Crippen LogP contribution in [0.25, 0.3) is 0 Å². The predicted octanol–water partition coefficient (Wildman–Crippen LogP) is 1.87. The van der Waals surface area contributed by atoms with E-state index in [2.05, 4.69) is 14.9 Å². The van der Waals surface area contributed by atoms with Crippen LogP contribution in [0.15, 0.2) is 18.5 Å². The maximum Gasteiger partial charge on any atom is 0.225 e. The first-order valence-electron chi connectivity index (χ1n) is 6.36. The minimum Gasteiger partial charge on any atom is -0.381 e. The van der Waals surface area contributed by atoms with Crippen molar-refractivity contribution in [2.24, 2.45) is 5.41 Å². The lowest BCUT2D eigenvalue weighted by Crippen LogP contribution is -2.50. The fraction of sp³-hybridized carbons (Fsp3) is 0.692. The Labute approximate surface area is 102 Å². The van der Waals surface area contributed by atoms with Crippen molar-refractivity contribution in [3.05, 3.63) is 18.5 Å². The van der Waals surface area contributed by atoms with Crippen molar-refractivity contribution >= 4 is 5.95 Å². The molecule has 1 saturated carbocycles. The minimum absolute atomic E-state index is 0.509. The number of aromatic nitrogens is 2. The number of ether oxygens (including phenoxy) is 1. The monoisotopic (exact) mass is 233 g/mol. The van der Waals surface area contributed by atoms with Crippen LogP contribution >= 0.6 is 0 Å². The molecule has 0 radical (unpaired) electrons. The van der Waals surface area contributed by atoms with Crippen LogP contribution in [0.4, 0.5) is 5.95 Å². The standard InChI is InChI=1S/C13H19N3O/c1-17-11-9-13(10-11)3-7-16(8-4-13)12-14-5-2-6-15-12/h2,5-6,11H,3-4,7-10H2,1H3. The molecule has 0 bridgehead atoms. The quantitative estimate of drug-likeness (QED) is 0.781. The van der Waals surface area contributed by atoms with Gasteiger partial charge in [-0.15, -0.1) is 0 Å². The summed E-state index contributed by atoms with van der Waals surface area (Å²) in [5, 5.41) is 0. The van der Waals surface area contributed by atoms with Crippen LogP contribution in [-0.2, 0) is 4.74 Å². The molecule has 0 unspecified atom stereocenters. The highest BCUT2D eigenvalue weighted by Crippen LogP contribution is 2.50. The number of hydrogen-bond acceptors (Lipinski definition) is 4. The van der Waals surface area contributed by atoms with Crippen LogP contribution < -0.4 is 4.90 Å². The summed E-state index contributed by atoms with van der Waals surface area (Å²) in [6.07, 6.45) is 9.14. The van der Waals surface area contributed by atoms with Crippen molar-refractivity contribution < 1.29 is 4.74 Å². The summed E-state index contributed by atoms with van der Waals surface area (Å²) in [6, 6.07) is 1.87. The molecular formula is C13H19N3O. The first kappa shape index (κ1) is 11.0. The summed E-state index contributed by atoms with van der Waals surface area (Å²) in [4.78, 5) is 10.9. The van der Waals surface area contributed by atoms with E-state index in [0.717, 1.165) is 19.0 Å². The Morgan fingerprint density at radius 2 is 1.88 bits per heavy atom. The molecule has 1 aromatic rings. The molecular weight excluding hydrogens is 214 g/mol. The summed E-state index contributed by atoms with van der Waals surface area (Å²) in [7, 11) is 1.82. The van der Waals surface area contributed by atoms with E-state index in [1.807, 2.05) is 25.6 Å². The number of piperidine rings is 1. The molecule has 1 aromatic heterocycles. The van der Waals surface area contributed by atoms with Gasteiger partial charge in [0, 0.05) is 32.6 Å². The van der Waals surface area contributed by atoms with Gasteiger partial charge < -0.3 is 9.64 Å². The molecule has 2 aliphatic rings. The second-order valence-corrected chi connectivity index (χ2v) is 5.30. The van der Waals surface area contributed by atoms with Crippen LogP contribution in [0.5, 0.6) is 0 Å². The van der Waals surface area contributed by atoms with Gasteiger partial charge in [-0.2, -0.15) is 0 Å². The maximum absolute atomic E-state index is 5.39. The Balaban J connectivity index is 1.58. The lowest BCUT2D eigenvalue weighted by molar-refractivity contribution is -0.0709. The normalized spacial score (nSPS) is 23.7. The first-order valence-corrected chi connectivity index (χ1v) is 6.36. The minimum atomic E-state index is 0.509. The number of hydrogen-bond donors (Lipinski definition) is 0. The molecule has 1 saturated heterocycles. The SMILES string of the molecule is COC1CC2(CCN(c3ncccn3)CC2)C1. The van der Waals surface area contributed by atoms with Crippen molar-refractivity contribution in [3.63, 3.8) is 0 Å². The van der Waals surface area contributed by atoms with Gasteiger partial charge in [0.05, 0.1) is 6.10 Å². The second-order valence-electron chi connectivity index (χ2n) is 5.30. The summed E-state index contributed by atoms with van der Waals surface area (Å²) < 4.78 is 5.39. The number of rotatable bonds is 2. The van der Waals surface area contributed by atoms with Crippen molar-refractivity contribution in [1.29, 1.82) is 0 Å². The Kier molecular flexibility index (Phi) is 2.74. The third-order valence-corrected chi connectivity index (χ3v) is 4.31. The van der Waals surface area contributed by atoms with Crippen molar-refractivity contribution in [2.45, 2.75) is 31.8 Å². The summed E-state index contributed by atoms with van der Waals surface area (Å²) >= 11 is 0. The first-order chi connectivity index (χ1) is 8.31. The van der Waals surface area contributed by atoms with Gasteiger partial charge in [-0.25, -0.2) is 9.97 Å². The number of anilines is 1. The molecule has 17 heavy (non-hydrogen) atoms. The molecule has 0 aromatic carbocycles. The Morgan fingerprint density at radius 3 is 2.47 bits per heavy atom. The van der Waals surface area contributed by atoms with Gasteiger partial charge >= 0.3 is 0 Å². The Bertz CT molecular complexity index is 366. The molecule has 1 aliphatic heterocycles. The molecule has 0 N–H and O–H groups in total. The average molecular weight is 233 g/mol. The zero-order valence-corrected chi connectivity index (χ0v) is 10.3. The molecule has 2 fully saturated rings. The highest BCUT2D eigenvalue weighted by atomic mass is 16.5. The predicted molar refractivity (Wildman–Crippen MR) is 65.9 cm³/mol. The molecule has 4 heteroatoms. The van der Waals surface area contributed by atoms with Crippen LogP contribution in [0.1, 0.15) is 25.7 Å². The average Bonchev–Trinajstić information content (AvgIpc) is 2.37. The van der Waals surface area contributed by atoms with E-state index in [-0.39, 0.29) is 0 Å². The van der Waals surface area contributed by atoms with Gasteiger partial charge in [0.1, 0.15) is 0 Å². The third-order valence-electron chi connectivity index (χ3n) is 4.31. The molecule has 1 aliphatic carbocycles. The van der Waals surface area contributed by atoms with Crippen molar-refractivity contribution in [3.8, 4) is 0 Å². The van der Waals surface area contributed by atoms with Crippen LogP contribution in [0, 0.1) is 5.41 Å². The lowest BCUT2D eigenvalue weighted by Gasteiger charge is -2.51. The van der Waals surface area contributed by atoms with Crippen molar-refractivity contribution in [1.82, 2.24) is 9.97 Å². The fourth-order valence-electron chi connectivity index (χ4n) is 3.12. The van der Waals surface area contributed by atoms with Gasteiger partial charge in [-0.3, -0.25) is 0 Å². The highest BCUT2D eigenvalue weighted by molar-refractivity contribution is 5.29. The number of nitrogens with zero attached hydrogens (tertiary/aromatic N) is 3. The lowest BCUT2D eigenvalue weighted by atomic mass is 9.61. The zero-order chi connectivity index (χ0) is 11.7. The van der Waals surface area contributed by atoms with Crippen LogP contribution in [-0.4, -0.2) is 36.3 Å². The van der Waals surface area contributed by atoms with E-state index in [1.54, 1.807) is 0 Å². The van der Waals surface area contributed by atoms with E-state index in [9.17, 15) is 0 Å². The van der Waals surface area contributed by atoms with Crippen LogP contribution in [0.3, 0.4) is 0 Å². The topological polar surface area (TPSA) is 38.2 Å². The Hall–Kier alpha value is -1.16. The fourth-order valence-corrected chi connectivity index (χ4v) is 3.12. The zero-order valence-electron chi connectivity index (χ0n) is 10.3. The van der Waals surface area contributed by atoms with E-state index >= 15 is 0 Å². The second kappa shape index (κ2) is 4.26. The molecule has 2 heterocycles. The summed E-state index contributed by atoms with van der Waals surface area (Å²) in [6.45, 7) is 2.17. The molecule has 3 rings (SSSR count). The smallest absolute Gasteiger partial charge is 0.225 e. The van der Waals surface area contributed by atoms with Gasteiger partial charge in [0.2, 0.25) is 5.95 Å². The van der Waals surface area contributed by atoms with E-state index in [0.29, 0.717) is 11.5 Å². The van der Waals surface area contributed by atoms with Crippen molar-refractivity contribution in [2.75, 3.05) is 25.1 Å². The molecule has 4 nitrogen and oxygen atoms in total.